The molecule has 0 aliphatic heterocycles. The number of carbonyl (C=O) groups is 1. The normalized spacial score (nSPS) is 12.9. The van der Waals surface area contributed by atoms with Crippen LogP contribution in [0, 0.1) is 0 Å². The van der Waals surface area contributed by atoms with Crippen molar-refractivity contribution in [3.05, 3.63) is 67.0 Å². The predicted octanol–water partition coefficient (Wildman–Crippen LogP) is 3.07. The maximum Gasteiger partial charge on any atom is 0.262 e. The molecular weight excluding hydrogens is 418 g/mol. The van der Waals surface area contributed by atoms with Crippen LogP contribution in [0.25, 0.3) is 0 Å². The number of benzene rings is 1. The second kappa shape index (κ2) is 10.5. The molecule has 0 spiro atoms. The molecule has 168 valence electrons. The third kappa shape index (κ3) is 6.88. The summed E-state index contributed by atoms with van der Waals surface area (Å²) in [6.07, 6.45) is 4.75. The lowest BCUT2D eigenvalue weighted by Gasteiger charge is -2.30. The van der Waals surface area contributed by atoms with E-state index in [1.807, 2.05) is 0 Å². The number of pyridine rings is 1. The van der Waals surface area contributed by atoms with Gasteiger partial charge in [-0.05, 0) is 63.1 Å². The second-order valence-corrected chi connectivity index (χ2v) is 9.70. The fourth-order valence-electron chi connectivity index (χ4n) is 2.70. The quantitative estimate of drug-likeness (QED) is 0.444. The number of rotatable bonds is 10. The summed E-state index contributed by atoms with van der Waals surface area (Å²) in [6, 6.07) is 8.38. The molecule has 0 radical (unpaired) electrons. The topological polar surface area (TPSA) is 97.8 Å². The molecule has 0 aliphatic rings. The van der Waals surface area contributed by atoms with Gasteiger partial charge in [-0.2, -0.15) is 4.31 Å². The van der Waals surface area contributed by atoms with E-state index in [2.05, 4.69) is 17.0 Å². The molecule has 1 heterocycles. The van der Waals surface area contributed by atoms with Crippen LogP contribution < -0.4 is 10.2 Å². The van der Waals surface area contributed by atoms with Crippen molar-refractivity contribution in [2.24, 2.45) is 0 Å². The number of methoxy groups -OCH3 is 1. The average molecular weight is 448 g/mol. The minimum Gasteiger partial charge on any atom is -0.497 e. The monoisotopic (exact) mass is 447 g/mol. The highest BCUT2D eigenvalue weighted by molar-refractivity contribution is 7.89. The van der Waals surface area contributed by atoms with Gasteiger partial charge in [0.25, 0.3) is 5.91 Å². The van der Waals surface area contributed by atoms with Crippen molar-refractivity contribution >= 4 is 15.9 Å². The number of hydrogen-bond acceptors (Lipinski definition) is 6. The van der Waals surface area contributed by atoms with Crippen molar-refractivity contribution < 1.29 is 22.8 Å². The van der Waals surface area contributed by atoms with E-state index in [9.17, 15) is 13.2 Å². The Morgan fingerprint density at radius 1 is 1.26 bits per heavy atom. The fourth-order valence-corrected chi connectivity index (χ4v) is 4.29. The molecule has 9 heteroatoms. The Kier molecular flexibility index (Phi) is 8.32. The molecule has 1 amide bonds. The molecule has 2 aromatic rings. The van der Waals surface area contributed by atoms with E-state index in [1.165, 1.54) is 25.3 Å². The minimum absolute atomic E-state index is 0.0378. The fraction of sp³-hybridized carbons (Fsp3) is 0.364. The number of hydrogen-bond donors (Lipinski definition) is 1. The number of nitrogens with one attached hydrogen (secondary N) is 1. The first kappa shape index (κ1) is 24.5. The van der Waals surface area contributed by atoms with Gasteiger partial charge in [-0.15, -0.1) is 6.58 Å². The van der Waals surface area contributed by atoms with Crippen LogP contribution >= 0.6 is 0 Å². The Bertz CT molecular complexity index is 970. The Labute approximate surface area is 183 Å². The van der Waals surface area contributed by atoms with E-state index in [0.29, 0.717) is 11.3 Å². The number of aromatic nitrogens is 1. The van der Waals surface area contributed by atoms with Crippen LogP contribution in [0.4, 0.5) is 0 Å². The van der Waals surface area contributed by atoms with Gasteiger partial charge in [0.15, 0.2) is 0 Å². The predicted molar refractivity (Wildman–Crippen MR) is 118 cm³/mol. The summed E-state index contributed by atoms with van der Waals surface area (Å²) in [4.78, 5) is 22.4. The second-order valence-electron chi connectivity index (χ2n) is 7.81. The third-order valence-corrected chi connectivity index (χ3v) is 6.09. The molecule has 8 nitrogen and oxygen atoms in total. The zero-order valence-corrected chi connectivity index (χ0v) is 19.1. The van der Waals surface area contributed by atoms with Crippen molar-refractivity contribution in [1.82, 2.24) is 14.8 Å². The van der Waals surface area contributed by atoms with Crippen molar-refractivity contribution in [3.8, 4) is 5.75 Å². The van der Waals surface area contributed by atoms with Crippen molar-refractivity contribution in [2.45, 2.75) is 50.3 Å². The average Bonchev–Trinajstić information content (AvgIpc) is 2.74. The molecule has 0 bridgehead atoms. The molecule has 0 fully saturated rings. The molecule has 1 N–H and O–H groups in total. The molecular formula is C22H29N3O5S. The van der Waals surface area contributed by atoms with Gasteiger partial charge in [-0.25, -0.2) is 13.9 Å². The molecule has 1 aromatic carbocycles. The maximum absolute atomic E-state index is 13.6. The molecule has 31 heavy (non-hydrogen) atoms. The van der Waals surface area contributed by atoms with Crippen LogP contribution in [0.15, 0.2) is 66.3 Å². The first-order chi connectivity index (χ1) is 14.6. The van der Waals surface area contributed by atoms with Crippen molar-refractivity contribution in [2.75, 3.05) is 7.11 Å². The van der Waals surface area contributed by atoms with Gasteiger partial charge in [-0.3, -0.25) is 14.6 Å². The number of amides is 1. The van der Waals surface area contributed by atoms with E-state index in [0.717, 1.165) is 4.31 Å². The van der Waals surface area contributed by atoms with Gasteiger partial charge in [0.05, 0.1) is 17.6 Å². The summed E-state index contributed by atoms with van der Waals surface area (Å²) < 4.78 is 33.4. The van der Waals surface area contributed by atoms with E-state index in [1.54, 1.807) is 57.4 Å². The zero-order valence-electron chi connectivity index (χ0n) is 18.2. The minimum atomic E-state index is -4.06. The van der Waals surface area contributed by atoms with E-state index >= 15 is 0 Å². The Morgan fingerprint density at radius 3 is 2.45 bits per heavy atom. The van der Waals surface area contributed by atoms with Gasteiger partial charge in [0.2, 0.25) is 10.0 Å². The standard InChI is InChI=1S/C22H29N3O5S/c1-6-8-20(21(26)24-30-22(2,3)4)25(16-17-9-7-14-23-15-17)31(27,28)19-12-10-18(29-5)11-13-19/h6-7,9-15,20H,1,8,16H2,2-5H3,(H,24,26)/t20-/m1/s1. The summed E-state index contributed by atoms with van der Waals surface area (Å²) >= 11 is 0. The first-order valence-corrected chi connectivity index (χ1v) is 11.2. The molecule has 0 aliphatic carbocycles. The van der Waals surface area contributed by atoms with Crippen LogP contribution in [0.3, 0.4) is 0 Å². The molecule has 2 rings (SSSR count). The lowest BCUT2D eigenvalue weighted by molar-refractivity contribution is -0.149. The largest absolute Gasteiger partial charge is 0.497 e. The van der Waals surface area contributed by atoms with Crippen LogP contribution in [0.1, 0.15) is 32.8 Å². The Hall–Kier alpha value is -2.75. The smallest absolute Gasteiger partial charge is 0.262 e. The molecule has 0 saturated carbocycles. The van der Waals surface area contributed by atoms with Gasteiger partial charge >= 0.3 is 0 Å². The van der Waals surface area contributed by atoms with Crippen LogP contribution in [0.5, 0.6) is 5.75 Å². The Morgan fingerprint density at radius 2 is 1.94 bits per heavy atom. The maximum atomic E-state index is 13.6. The number of hydroxylamine groups is 1. The van der Waals surface area contributed by atoms with E-state index in [-0.39, 0.29) is 17.9 Å². The zero-order chi connectivity index (χ0) is 23.1. The van der Waals surface area contributed by atoms with Gasteiger partial charge in [-0.1, -0.05) is 12.1 Å². The van der Waals surface area contributed by atoms with E-state index in [4.69, 9.17) is 9.57 Å². The molecule has 1 aromatic heterocycles. The van der Waals surface area contributed by atoms with Crippen LogP contribution in [-0.4, -0.2) is 42.4 Å². The highest BCUT2D eigenvalue weighted by Gasteiger charge is 2.36. The Balaban J connectivity index is 2.47. The summed E-state index contributed by atoms with van der Waals surface area (Å²) in [7, 11) is -2.56. The number of ether oxygens (including phenoxy) is 1. The highest BCUT2D eigenvalue weighted by Crippen LogP contribution is 2.25. The first-order valence-electron chi connectivity index (χ1n) is 9.72. The SMILES string of the molecule is C=CC[C@H](C(=O)NOC(C)(C)C)N(Cc1cccnc1)S(=O)(=O)c1ccc(OC)cc1. The van der Waals surface area contributed by atoms with Crippen LogP contribution in [0.2, 0.25) is 0 Å². The van der Waals surface area contributed by atoms with Crippen molar-refractivity contribution in [3.63, 3.8) is 0 Å². The molecule has 1 atom stereocenters. The van der Waals surface area contributed by atoms with Crippen molar-refractivity contribution in [1.29, 1.82) is 0 Å². The lowest BCUT2D eigenvalue weighted by Crippen LogP contribution is -2.50. The lowest BCUT2D eigenvalue weighted by atomic mass is 10.1. The molecule has 0 unspecified atom stereocenters. The third-order valence-electron chi connectivity index (χ3n) is 4.23. The summed E-state index contributed by atoms with van der Waals surface area (Å²) in [5.41, 5.74) is 2.38. The van der Waals surface area contributed by atoms with E-state index < -0.39 is 27.6 Å². The van der Waals surface area contributed by atoms with Gasteiger partial charge < -0.3 is 4.74 Å². The number of sulfonamides is 1. The highest BCUT2D eigenvalue weighted by atomic mass is 32.2. The summed E-state index contributed by atoms with van der Waals surface area (Å²) in [5.74, 6) is -0.0625. The van der Waals surface area contributed by atoms with Gasteiger partial charge in [0.1, 0.15) is 11.8 Å². The number of nitrogens with zero attached hydrogens (tertiary/aromatic N) is 2. The van der Waals surface area contributed by atoms with Gasteiger partial charge in [0, 0.05) is 18.9 Å². The van der Waals surface area contributed by atoms with Crippen LogP contribution in [-0.2, 0) is 26.2 Å². The number of carbonyl (C=O) groups excluding carboxylic acids is 1. The summed E-state index contributed by atoms with van der Waals surface area (Å²) in [5, 5.41) is 0. The summed E-state index contributed by atoms with van der Waals surface area (Å²) in [6.45, 7) is 8.96. The molecule has 0 saturated heterocycles.